The highest BCUT2D eigenvalue weighted by molar-refractivity contribution is 7.92. The van der Waals surface area contributed by atoms with Gasteiger partial charge in [0, 0.05) is 11.8 Å². The van der Waals surface area contributed by atoms with Crippen molar-refractivity contribution in [1.29, 1.82) is 0 Å². The van der Waals surface area contributed by atoms with Crippen molar-refractivity contribution in [3.05, 3.63) is 95.2 Å². The molecular formula is C27H24ClF2N3O6S. The first-order valence-electron chi connectivity index (χ1n) is 11.5. The molecule has 1 amide bonds. The topological polar surface area (TPSA) is 124 Å². The van der Waals surface area contributed by atoms with E-state index in [-0.39, 0.29) is 33.6 Å². The molecule has 40 heavy (non-hydrogen) atoms. The van der Waals surface area contributed by atoms with Crippen molar-refractivity contribution in [1.82, 2.24) is 4.98 Å². The molecule has 2 aromatic carbocycles. The van der Waals surface area contributed by atoms with Crippen LogP contribution < -0.4 is 14.8 Å². The highest BCUT2D eigenvalue weighted by Gasteiger charge is 2.32. The normalized spacial score (nSPS) is 11.7. The number of sulfonamides is 1. The number of methoxy groups -OCH3 is 1. The van der Waals surface area contributed by atoms with Gasteiger partial charge in [0.25, 0.3) is 15.9 Å². The van der Waals surface area contributed by atoms with Gasteiger partial charge in [-0.3, -0.25) is 9.52 Å². The molecule has 0 aliphatic heterocycles. The summed E-state index contributed by atoms with van der Waals surface area (Å²) in [5.41, 5.74) is -0.178. The molecule has 0 aliphatic carbocycles. The van der Waals surface area contributed by atoms with Crippen molar-refractivity contribution >= 4 is 44.9 Å². The number of allylic oxidation sites excluding steroid dienone is 2. The van der Waals surface area contributed by atoms with Crippen LogP contribution in [0.15, 0.2) is 78.4 Å². The average Bonchev–Trinajstić information content (AvgIpc) is 2.90. The van der Waals surface area contributed by atoms with Crippen molar-refractivity contribution in [2.75, 3.05) is 17.1 Å². The van der Waals surface area contributed by atoms with Crippen LogP contribution in [0.25, 0.3) is 0 Å². The van der Waals surface area contributed by atoms with E-state index in [2.05, 4.69) is 21.6 Å². The second kappa shape index (κ2) is 12.3. The number of halogens is 3. The fourth-order valence-corrected chi connectivity index (χ4v) is 4.73. The molecule has 210 valence electrons. The second-order valence-electron chi connectivity index (χ2n) is 8.23. The molecule has 3 aromatic rings. The summed E-state index contributed by atoms with van der Waals surface area (Å²) in [5, 5.41) is 2.17. The number of amides is 1. The quantitative estimate of drug-likeness (QED) is 0.163. The van der Waals surface area contributed by atoms with E-state index in [0.717, 1.165) is 37.5 Å². The maximum atomic E-state index is 14.5. The number of hydrogen-bond donors (Lipinski definition) is 2. The number of aromatic nitrogens is 1. The Balaban J connectivity index is 2.00. The van der Waals surface area contributed by atoms with Crippen LogP contribution in [0.1, 0.15) is 28.4 Å². The Morgan fingerprint density at radius 3 is 2.50 bits per heavy atom. The smallest absolute Gasteiger partial charge is 0.340 e. The maximum Gasteiger partial charge on any atom is 0.340 e. The first-order valence-corrected chi connectivity index (χ1v) is 13.3. The maximum absolute atomic E-state index is 14.5. The van der Waals surface area contributed by atoms with E-state index in [4.69, 9.17) is 21.1 Å². The van der Waals surface area contributed by atoms with Gasteiger partial charge in [-0.25, -0.2) is 18.2 Å². The Morgan fingerprint density at radius 2 is 1.85 bits per heavy atom. The molecule has 3 rings (SSSR count). The third-order valence-corrected chi connectivity index (χ3v) is 6.96. The second-order valence-corrected chi connectivity index (χ2v) is 10.3. The van der Waals surface area contributed by atoms with Crippen LogP contribution in [0, 0.1) is 6.92 Å². The van der Waals surface area contributed by atoms with Crippen LogP contribution in [0.4, 0.5) is 20.2 Å². The number of esters is 1. The summed E-state index contributed by atoms with van der Waals surface area (Å²) in [6.45, 7) is 6.41. The van der Waals surface area contributed by atoms with E-state index in [9.17, 15) is 26.8 Å². The third kappa shape index (κ3) is 7.01. The predicted octanol–water partition coefficient (Wildman–Crippen LogP) is 6.22. The summed E-state index contributed by atoms with van der Waals surface area (Å²) < 4.78 is 68.3. The Kier molecular flexibility index (Phi) is 9.28. The number of benzene rings is 2. The van der Waals surface area contributed by atoms with Gasteiger partial charge in [0.2, 0.25) is 11.8 Å². The number of carbonyl (C=O) groups excluding carboxylic acids is 2. The van der Waals surface area contributed by atoms with E-state index in [0.29, 0.717) is 11.6 Å². The summed E-state index contributed by atoms with van der Waals surface area (Å²) in [7, 11) is -3.27. The van der Waals surface area contributed by atoms with Gasteiger partial charge in [-0.05, 0) is 74.0 Å². The van der Waals surface area contributed by atoms with Gasteiger partial charge < -0.3 is 14.8 Å². The predicted molar refractivity (Wildman–Crippen MR) is 147 cm³/mol. The van der Waals surface area contributed by atoms with Crippen LogP contribution in [0.2, 0.25) is 5.02 Å². The van der Waals surface area contributed by atoms with Crippen LogP contribution in [-0.2, 0) is 25.5 Å². The zero-order chi connectivity index (χ0) is 29.7. The lowest BCUT2D eigenvalue weighted by atomic mass is 10.1. The third-order valence-electron chi connectivity index (χ3n) is 5.27. The number of hydrogen-bond acceptors (Lipinski definition) is 7. The number of carbonyl (C=O) groups is 2. The van der Waals surface area contributed by atoms with Gasteiger partial charge in [-0.15, -0.1) is 0 Å². The van der Waals surface area contributed by atoms with Crippen molar-refractivity contribution in [3.8, 4) is 11.6 Å². The number of pyridine rings is 1. The summed E-state index contributed by atoms with van der Waals surface area (Å²) in [6, 6.07) is 8.40. The number of alkyl halides is 2. The fraction of sp³-hybridized carbons (Fsp3) is 0.148. The molecule has 13 heteroatoms. The van der Waals surface area contributed by atoms with E-state index in [1.807, 2.05) is 0 Å². The standard InChI is InChI=1S/C27H24ClF2N3O6S/c1-5-11-27(29,30)20-14-18(8-9-21(20)28)40(36,37)33-23-12-16(3)15-31-25(23)39-17-7-10-22(32-24(34)6-2)19(13-17)26(35)38-4/h5-15,33H,2H2,1,3-4H3,(H,32,34)/b11-5+. The summed E-state index contributed by atoms with van der Waals surface area (Å²) >= 11 is 5.94. The summed E-state index contributed by atoms with van der Waals surface area (Å²) in [4.78, 5) is 27.7. The minimum atomic E-state index is -4.43. The first-order chi connectivity index (χ1) is 18.8. The number of rotatable bonds is 10. The number of ether oxygens (including phenoxy) is 2. The minimum Gasteiger partial charge on any atom is -0.465 e. The molecule has 0 spiro atoms. The molecule has 1 heterocycles. The van der Waals surface area contributed by atoms with E-state index in [1.54, 1.807) is 6.92 Å². The number of nitrogens with one attached hydrogen (secondary N) is 2. The molecule has 0 unspecified atom stereocenters. The lowest BCUT2D eigenvalue weighted by molar-refractivity contribution is -0.111. The molecule has 0 radical (unpaired) electrons. The van der Waals surface area contributed by atoms with E-state index in [1.165, 1.54) is 37.4 Å². The first kappa shape index (κ1) is 30.3. The van der Waals surface area contributed by atoms with Gasteiger partial charge in [0.1, 0.15) is 11.4 Å². The van der Waals surface area contributed by atoms with E-state index < -0.39 is 38.3 Å². The minimum absolute atomic E-state index is 0.0496. The van der Waals surface area contributed by atoms with Crippen LogP contribution in [0.5, 0.6) is 11.6 Å². The highest BCUT2D eigenvalue weighted by atomic mass is 35.5. The SMILES string of the molecule is C=CC(=O)Nc1ccc(Oc2ncc(C)cc2NS(=O)(=O)c2ccc(Cl)c(C(F)(F)/C=C/C)c2)cc1C(=O)OC. The Morgan fingerprint density at radius 1 is 1.12 bits per heavy atom. The molecule has 0 saturated carbocycles. The Bertz CT molecular complexity index is 1610. The fourth-order valence-electron chi connectivity index (χ4n) is 3.41. The van der Waals surface area contributed by atoms with Crippen molar-refractivity contribution in [3.63, 3.8) is 0 Å². The number of nitrogens with zero attached hydrogens (tertiary/aromatic N) is 1. The zero-order valence-corrected chi connectivity index (χ0v) is 23.1. The molecule has 0 fully saturated rings. The van der Waals surface area contributed by atoms with Crippen molar-refractivity contribution < 1.29 is 36.3 Å². The van der Waals surface area contributed by atoms with E-state index >= 15 is 0 Å². The number of aryl methyl sites for hydroxylation is 1. The van der Waals surface area contributed by atoms with Gasteiger partial charge >= 0.3 is 5.97 Å². The molecule has 0 saturated heterocycles. The lowest BCUT2D eigenvalue weighted by Gasteiger charge is -2.17. The lowest BCUT2D eigenvalue weighted by Crippen LogP contribution is -2.17. The molecule has 0 atom stereocenters. The number of anilines is 2. The van der Waals surface area contributed by atoms with Gasteiger partial charge in [-0.1, -0.05) is 24.3 Å². The van der Waals surface area contributed by atoms with Crippen LogP contribution >= 0.6 is 11.6 Å². The zero-order valence-electron chi connectivity index (χ0n) is 21.5. The highest BCUT2D eigenvalue weighted by Crippen LogP contribution is 2.37. The average molecular weight is 592 g/mol. The monoisotopic (exact) mass is 591 g/mol. The summed E-state index contributed by atoms with van der Waals surface area (Å²) in [5.74, 6) is -5.01. The van der Waals surface area contributed by atoms with Crippen LogP contribution in [-0.4, -0.2) is 32.4 Å². The van der Waals surface area contributed by atoms with Gasteiger partial charge in [-0.2, -0.15) is 8.78 Å². The summed E-state index contributed by atoms with van der Waals surface area (Å²) in [6.07, 6.45) is 4.16. The molecule has 0 bridgehead atoms. The Labute approximate surface area is 234 Å². The van der Waals surface area contributed by atoms with Gasteiger partial charge in [0.05, 0.1) is 28.3 Å². The van der Waals surface area contributed by atoms with Gasteiger partial charge in [0.15, 0.2) is 0 Å². The molecule has 2 N–H and O–H groups in total. The molecule has 9 nitrogen and oxygen atoms in total. The molecular weight excluding hydrogens is 568 g/mol. The van der Waals surface area contributed by atoms with Crippen molar-refractivity contribution in [2.45, 2.75) is 24.7 Å². The largest absolute Gasteiger partial charge is 0.465 e. The van der Waals surface area contributed by atoms with Crippen molar-refractivity contribution in [2.24, 2.45) is 0 Å². The Hall–Kier alpha value is -4.29. The molecule has 1 aromatic heterocycles. The van der Waals surface area contributed by atoms with Crippen LogP contribution in [0.3, 0.4) is 0 Å². The molecule has 0 aliphatic rings.